The highest BCUT2D eigenvalue weighted by atomic mass is 35.5. The van der Waals surface area contributed by atoms with E-state index in [9.17, 15) is 14.0 Å². The Kier molecular flexibility index (Phi) is 5.34. The number of rotatable bonds is 5. The second-order valence-electron chi connectivity index (χ2n) is 8.05. The van der Waals surface area contributed by atoms with Gasteiger partial charge in [-0.15, -0.1) is 0 Å². The number of halogens is 2. The van der Waals surface area contributed by atoms with Gasteiger partial charge in [0.05, 0.1) is 11.6 Å². The molecule has 0 radical (unpaired) electrons. The van der Waals surface area contributed by atoms with Crippen LogP contribution in [0.2, 0.25) is 5.02 Å². The number of nitrogens with zero attached hydrogens (tertiary/aromatic N) is 3. The number of carbonyl (C=O) groups is 2. The third kappa shape index (κ3) is 3.74. The van der Waals surface area contributed by atoms with Crippen molar-refractivity contribution in [2.75, 3.05) is 0 Å². The summed E-state index contributed by atoms with van der Waals surface area (Å²) in [6, 6.07) is 13.6. The number of hydrogen-bond donors (Lipinski definition) is 1. The number of pyridine rings is 1. The highest BCUT2D eigenvalue weighted by Gasteiger charge is 2.40. The average molecular weight is 463 g/mol. The van der Waals surface area contributed by atoms with Crippen molar-refractivity contribution in [1.29, 1.82) is 0 Å². The number of hydrogen-bond acceptors (Lipinski definition) is 3. The molecule has 4 aromatic rings. The third-order valence-electron chi connectivity index (χ3n) is 6.09. The molecular formula is C25H20ClFN4O2. The van der Waals surface area contributed by atoms with Crippen LogP contribution in [0, 0.1) is 5.82 Å². The van der Waals surface area contributed by atoms with Crippen molar-refractivity contribution in [2.45, 2.75) is 24.9 Å². The van der Waals surface area contributed by atoms with Crippen LogP contribution in [0.5, 0.6) is 0 Å². The molecule has 2 atom stereocenters. The highest BCUT2D eigenvalue weighted by Crippen LogP contribution is 2.43. The number of imidazole rings is 1. The Morgan fingerprint density at radius 2 is 1.97 bits per heavy atom. The van der Waals surface area contributed by atoms with Gasteiger partial charge in [0.15, 0.2) is 0 Å². The topological polar surface area (TPSA) is 80.7 Å². The lowest BCUT2D eigenvalue weighted by atomic mass is 9.98. The summed E-state index contributed by atoms with van der Waals surface area (Å²) >= 11 is 6.16. The normalized spacial score (nSPS) is 15.9. The van der Waals surface area contributed by atoms with Gasteiger partial charge in [0.25, 0.3) is 5.91 Å². The molecule has 1 aliphatic rings. The molecule has 0 unspecified atom stereocenters. The molecule has 2 N–H and O–H groups in total. The Labute approximate surface area is 194 Å². The Morgan fingerprint density at radius 1 is 1.18 bits per heavy atom. The molecule has 1 aliphatic carbocycles. The highest BCUT2D eigenvalue weighted by molar-refractivity contribution is 6.30. The van der Waals surface area contributed by atoms with Crippen molar-refractivity contribution >= 4 is 29.1 Å². The number of primary amides is 1. The lowest BCUT2D eigenvalue weighted by Gasteiger charge is -2.36. The Bertz CT molecular complexity index is 1370. The lowest BCUT2D eigenvalue weighted by Crippen LogP contribution is -2.43. The zero-order valence-corrected chi connectivity index (χ0v) is 18.2. The number of benzene rings is 2. The lowest BCUT2D eigenvalue weighted by molar-refractivity contribution is -0.123. The number of fused-ring (bicyclic) bond motifs is 2. The monoisotopic (exact) mass is 462 g/mol. The summed E-state index contributed by atoms with van der Waals surface area (Å²) in [7, 11) is 0. The fraction of sp³-hybridized carbons (Fsp3) is 0.160. The first-order valence-corrected chi connectivity index (χ1v) is 10.9. The van der Waals surface area contributed by atoms with Crippen LogP contribution >= 0.6 is 11.6 Å². The summed E-state index contributed by atoms with van der Waals surface area (Å²) in [5.41, 5.74) is 8.59. The SMILES string of the molecule is NC(=O)[C@@H](c1ccccc1)N(C(=O)c1ccc2nccn2c1)[C@@H]1CCc2c(F)cc(Cl)cc21. The van der Waals surface area contributed by atoms with Crippen molar-refractivity contribution < 1.29 is 14.0 Å². The van der Waals surface area contributed by atoms with Crippen molar-refractivity contribution in [3.05, 3.63) is 106 Å². The maximum absolute atomic E-state index is 14.6. The zero-order valence-electron chi connectivity index (χ0n) is 17.5. The van der Waals surface area contributed by atoms with E-state index in [2.05, 4.69) is 4.98 Å². The Morgan fingerprint density at radius 3 is 2.73 bits per heavy atom. The molecule has 2 aromatic heterocycles. The van der Waals surface area contributed by atoms with Gasteiger partial charge in [-0.05, 0) is 53.8 Å². The molecule has 0 fully saturated rings. The first kappa shape index (κ1) is 21.2. The summed E-state index contributed by atoms with van der Waals surface area (Å²) in [4.78, 5) is 32.4. The number of amides is 2. The van der Waals surface area contributed by atoms with E-state index < -0.39 is 29.7 Å². The van der Waals surface area contributed by atoms with Gasteiger partial charge < -0.3 is 15.0 Å². The van der Waals surface area contributed by atoms with E-state index >= 15 is 0 Å². The molecule has 166 valence electrons. The minimum atomic E-state index is -1.05. The molecule has 8 heteroatoms. The smallest absolute Gasteiger partial charge is 0.256 e. The molecule has 0 saturated heterocycles. The molecule has 2 amide bonds. The minimum Gasteiger partial charge on any atom is -0.368 e. The average Bonchev–Trinajstić information content (AvgIpc) is 3.44. The first-order valence-electron chi connectivity index (χ1n) is 10.5. The van der Waals surface area contributed by atoms with Gasteiger partial charge in [0, 0.05) is 23.6 Å². The van der Waals surface area contributed by atoms with Gasteiger partial charge in [0.2, 0.25) is 5.91 Å². The molecule has 0 aliphatic heterocycles. The van der Waals surface area contributed by atoms with Crippen molar-refractivity contribution in [3.63, 3.8) is 0 Å². The van der Waals surface area contributed by atoms with Gasteiger partial charge in [-0.1, -0.05) is 41.9 Å². The van der Waals surface area contributed by atoms with Crippen LogP contribution in [-0.4, -0.2) is 26.1 Å². The van der Waals surface area contributed by atoms with Crippen molar-refractivity contribution in [3.8, 4) is 0 Å². The molecule has 6 nitrogen and oxygen atoms in total. The fourth-order valence-corrected chi connectivity index (χ4v) is 4.85. The molecule has 5 rings (SSSR count). The first-order chi connectivity index (χ1) is 15.9. The fourth-order valence-electron chi connectivity index (χ4n) is 4.64. The third-order valence-corrected chi connectivity index (χ3v) is 6.31. The van der Waals surface area contributed by atoms with Gasteiger partial charge in [-0.3, -0.25) is 9.59 Å². The zero-order chi connectivity index (χ0) is 23.1. The minimum absolute atomic E-state index is 0.237. The Balaban J connectivity index is 1.67. The van der Waals surface area contributed by atoms with E-state index in [0.717, 1.165) is 0 Å². The molecule has 0 saturated carbocycles. The van der Waals surface area contributed by atoms with E-state index in [0.29, 0.717) is 40.7 Å². The molecule has 2 heterocycles. The predicted octanol–water partition coefficient (Wildman–Crippen LogP) is 4.48. The molecule has 2 aromatic carbocycles. The van der Waals surface area contributed by atoms with Crippen LogP contribution in [0.1, 0.15) is 45.6 Å². The van der Waals surface area contributed by atoms with E-state index in [1.54, 1.807) is 65.5 Å². The van der Waals surface area contributed by atoms with Gasteiger partial charge in [-0.25, -0.2) is 9.37 Å². The van der Waals surface area contributed by atoms with Crippen LogP contribution in [0.3, 0.4) is 0 Å². The molecule has 0 spiro atoms. The van der Waals surface area contributed by atoms with Gasteiger partial charge in [-0.2, -0.15) is 0 Å². The van der Waals surface area contributed by atoms with Crippen molar-refractivity contribution in [2.24, 2.45) is 5.73 Å². The number of aromatic nitrogens is 2. The van der Waals surface area contributed by atoms with Gasteiger partial charge >= 0.3 is 0 Å². The maximum atomic E-state index is 14.6. The summed E-state index contributed by atoms with van der Waals surface area (Å²) < 4.78 is 16.4. The van der Waals surface area contributed by atoms with E-state index in [1.807, 2.05) is 6.07 Å². The summed E-state index contributed by atoms with van der Waals surface area (Å²) in [6.07, 6.45) is 5.90. The van der Waals surface area contributed by atoms with Crippen LogP contribution in [0.15, 0.2) is 73.2 Å². The van der Waals surface area contributed by atoms with Gasteiger partial charge in [0.1, 0.15) is 17.5 Å². The molecule has 0 bridgehead atoms. The molecular weight excluding hydrogens is 443 g/mol. The number of carbonyl (C=O) groups excluding carboxylic acids is 2. The largest absolute Gasteiger partial charge is 0.368 e. The predicted molar refractivity (Wildman–Crippen MR) is 122 cm³/mol. The maximum Gasteiger partial charge on any atom is 0.256 e. The van der Waals surface area contributed by atoms with Crippen LogP contribution in [0.25, 0.3) is 5.65 Å². The standard InChI is InChI=1S/C25H20ClFN4O2/c26-17-12-19-18(20(27)13-17)7-8-21(19)31(23(24(28)32)15-4-2-1-3-5-15)25(33)16-6-9-22-29-10-11-30(22)14-16/h1-6,9-14,21,23H,7-8H2,(H2,28,32)/t21-,23-/m1/s1. The molecule has 33 heavy (non-hydrogen) atoms. The van der Waals surface area contributed by atoms with E-state index in [-0.39, 0.29) is 5.02 Å². The van der Waals surface area contributed by atoms with Crippen molar-refractivity contribution in [1.82, 2.24) is 14.3 Å². The summed E-state index contributed by atoms with van der Waals surface area (Å²) in [5, 5.41) is 0.237. The second kappa shape index (κ2) is 8.33. The van der Waals surface area contributed by atoms with E-state index in [1.165, 1.54) is 11.0 Å². The second-order valence-corrected chi connectivity index (χ2v) is 8.48. The number of nitrogens with two attached hydrogens (primary N) is 1. The van der Waals surface area contributed by atoms with Crippen LogP contribution in [-0.2, 0) is 11.2 Å². The Hall–Kier alpha value is -3.71. The summed E-state index contributed by atoms with van der Waals surface area (Å²) in [5.74, 6) is -1.48. The van der Waals surface area contributed by atoms with Crippen LogP contribution in [0.4, 0.5) is 4.39 Å². The van der Waals surface area contributed by atoms with E-state index in [4.69, 9.17) is 17.3 Å². The van der Waals surface area contributed by atoms with Crippen LogP contribution < -0.4 is 5.73 Å². The summed E-state index contributed by atoms with van der Waals surface area (Å²) in [6.45, 7) is 0. The quantitative estimate of drug-likeness (QED) is 0.474.